The maximum atomic E-state index is 5.80. The van der Waals surface area contributed by atoms with Gasteiger partial charge in [-0.3, -0.25) is 0 Å². The Labute approximate surface area is 113 Å². The predicted octanol–water partition coefficient (Wildman–Crippen LogP) is 2.26. The van der Waals surface area contributed by atoms with E-state index in [-0.39, 0.29) is 5.91 Å². The van der Waals surface area contributed by atoms with Gasteiger partial charge in [0.05, 0.1) is 0 Å². The van der Waals surface area contributed by atoms with Gasteiger partial charge in [-0.1, -0.05) is 56.0 Å². The molecule has 0 saturated heterocycles. The second-order valence-corrected chi connectivity index (χ2v) is 6.11. The molecule has 1 aromatic carbocycles. The summed E-state index contributed by atoms with van der Waals surface area (Å²) in [6, 6.07) is 8.39. The molecule has 0 unspecified atom stereocenters. The molecule has 2 nitrogen and oxygen atoms in total. The third kappa shape index (κ3) is 5.17. The Bertz CT molecular complexity index is 344. The first-order valence-electron chi connectivity index (χ1n) is 6.75. The maximum absolute atomic E-state index is 5.80. The van der Waals surface area contributed by atoms with Crippen LogP contribution in [-0.2, 0) is 9.47 Å². The van der Waals surface area contributed by atoms with Gasteiger partial charge in [-0.2, -0.15) is 0 Å². The first kappa shape index (κ1) is 15.2. The molecule has 0 N–H and O–H groups in total. The minimum Gasteiger partial charge on any atom is -0.357 e. The lowest BCUT2D eigenvalue weighted by atomic mass is 10.2. The molecule has 0 aromatic heterocycles. The van der Waals surface area contributed by atoms with Gasteiger partial charge in [0, 0.05) is 13.2 Å². The van der Waals surface area contributed by atoms with Crippen LogP contribution in [0.5, 0.6) is 0 Å². The number of benzene rings is 1. The van der Waals surface area contributed by atoms with E-state index in [1.807, 2.05) is 12.1 Å². The lowest BCUT2D eigenvalue weighted by molar-refractivity contribution is -0.0894. The molecule has 100 valence electrons. The summed E-state index contributed by atoms with van der Waals surface area (Å²) in [5.74, 6) is -0.00833. The Morgan fingerprint density at radius 2 is 1.78 bits per heavy atom. The highest BCUT2D eigenvalue weighted by Gasteiger charge is 2.12. The van der Waals surface area contributed by atoms with Crippen molar-refractivity contribution >= 4 is 20.8 Å². The summed E-state index contributed by atoms with van der Waals surface area (Å²) in [4.78, 5) is 0. The van der Waals surface area contributed by atoms with Gasteiger partial charge in [0.1, 0.15) is 15.4 Å². The summed E-state index contributed by atoms with van der Waals surface area (Å²) in [6.45, 7) is 9.66. The number of hydrogen-bond donors (Lipinski definition) is 0. The second kappa shape index (κ2) is 9.08. The molecular weight excluding hydrogens is 240 g/mol. The van der Waals surface area contributed by atoms with Crippen molar-refractivity contribution in [2.24, 2.45) is 0 Å². The van der Waals surface area contributed by atoms with Crippen molar-refractivity contribution in [2.75, 3.05) is 13.2 Å². The SMILES string of the molecule is C=Cc1ccccc1[SiH2]C(OCCC)OCCC. The van der Waals surface area contributed by atoms with Crippen molar-refractivity contribution < 1.29 is 9.47 Å². The van der Waals surface area contributed by atoms with Gasteiger partial charge in [0.15, 0.2) is 0 Å². The van der Waals surface area contributed by atoms with E-state index in [0.29, 0.717) is 0 Å². The Morgan fingerprint density at radius 1 is 1.17 bits per heavy atom. The quantitative estimate of drug-likeness (QED) is 0.503. The molecule has 0 fully saturated rings. The van der Waals surface area contributed by atoms with Gasteiger partial charge < -0.3 is 9.47 Å². The molecule has 0 aliphatic rings. The minimum atomic E-state index is -0.594. The molecule has 3 heteroatoms. The molecular formula is C15H24O2Si. The van der Waals surface area contributed by atoms with E-state index in [4.69, 9.17) is 9.47 Å². The number of ether oxygens (including phenoxy) is 2. The second-order valence-electron chi connectivity index (χ2n) is 4.28. The molecule has 0 spiro atoms. The van der Waals surface area contributed by atoms with Crippen LogP contribution in [0.4, 0.5) is 0 Å². The average molecular weight is 264 g/mol. The largest absolute Gasteiger partial charge is 0.357 e. The van der Waals surface area contributed by atoms with Gasteiger partial charge in [-0.15, -0.1) is 0 Å². The van der Waals surface area contributed by atoms with Crippen LogP contribution < -0.4 is 5.19 Å². The van der Waals surface area contributed by atoms with E-state index in [0.717, 1.165) is 26.1 Å². The smallest absolute Gasteiger partial charge is 0.139 e. The van der Waals surface area contributed by atoms with E-state index in [2.05, 4.69) is 38.6 Å². The summed E-state index contributed by atoms with van der Waals surface area (Å²) in [5.41, 5.74) is 1.22. The topological polar surface area (TPSA) is 18.5 Å². The van der Waals surface area contributed by atoms with E-state index in [1.165, 1.54) is 10.8 Å². The molecule has 0 atom stereocenters. The van der Waals surface area contributed by atoms with E-state index >= 15 is 0 Å². The van der Waals surface area contributed by atoms with Crippen LogP contribution in [0.1, 0.15) is 32.3 Å². The van der Waals surface area contributed by atoms with Gasteiger partial charge >= 0.3 is 0 Å². The molecule has 1 aromatic rings. The Hall–Kier alpha value is -0.903. The molecule has 1 rings (SSSR count). The monoisotopic (exact) mass is 264 g/mol. The van der Waals surface area contributed by atoms with Crippen LogP contribution >= 0.6 is 0 Å². The first-order chi connectivity index (χ1) is 8.81. The lowest BCUT2D eigenvalue weighted by Crippen LogP contribution is -2.34. The fourth-order valence-electron chi connectivity index (χ4n) is 1.76. The zero-order valence-corrected chi connectivity index (χ0v) is 12.9. The van der Waals surface area contributed by atoms with Crippen molar-refractivity contribution in [1.82, 2.24) is 0 Å². The van der Waals surface area contributed by atoms with Crippen LogP contribution in [0.25, 0.3) is 6.08 Å². The van der Waals surface area contributed by atoms with Gasteiger partial charge in [-0.05, 0) is 18.4 Å². The Morgan fingerprint density at radius 3 is 2.33 bits per heavy atom. The summed E-state index contributed by atoms with van der Waals surface area (Å²) < 4.78 is 11.6. The van der Waals surface area contributed by atoms with Gasteiger partial charge in [-0.25, -0.2) is 0 Å². The number of hydrogen-bond acceptors (Lipinski definition) is 2. The first-order valence-corrected chi connectivity index (χ1v) is 8.27. The molecule has 0 amide bonds. The summed E-state index contributed by atoms with van der Waals surface area (Å²) in [7, 11) is -0.594. The highest BCUT2D eigenvalue weighted by atomic mass is 28.2. The van der Waals surface area contributed by atoms with E-state index < -0.39 is 9.52 Å². The fourth-order valence-corrected chi connectivity index (χ4v) is 3.46. The van der Waals surface area contributed by atoms with Gasteiger partial charge in [0.2, 0.25) is 0 Å². The molecule has 0 aliphatic heterocycles. The lowest BCUT2D eigenvalue weighted by Gasteiger charge is -2.18. The Kier molecular flexibility index (Phi) is 7.65. The third-order valence-corrected chi connectivity index (χ3v) is 4.57. The summed E-state index contributed by atoms with van der Waals surface area (Å²) in [5, 5.41) is 1.37. The van der Waals surface area contributed by atoms with Crippen molar-refractivity contribution in [3.63, 3.8) is 0 Å². The standard InChI is InChI=1S/C15H24O2Si/c1-4-11-16-15(17-12-5-2)18-14-10-8-7-9-13(14)6-3/h6-10,15H,3-5,11-12,18H2,1-2H3. The van der Waals surface area contributed by atoms with Crippen molar-refractivity contribution in [2.45, 2.75) is 32.6 Å². The normalized spacial score (nSPS) is 11.5. The molecule has 0 heterocycles. The van der Waals surface area contributed by atoms with E-state index in [9.17, 15) is 0 Å². The molecule has 0 saturated carbocycles. The van der Waals surface area contributed by atoms with Crippen molar-refractivity contribution in [3.8, 4) is 0 Å². The summed E-state index contributed by atoms with van der Waals surface area (Å²) >= 11 is 0. The third-order valence-electron chi connectivity index (χ3n) is 2.68. The average Bonchev–Trinajstić information content (AvgIpc) is 2.42. The van der Waals surface area contributed by atoms with Crippen LogP contribution in [0, 0.1) is 0 Å². The zero-order valence-electron chi connectivity index (χ0n) is 11.5. The number of rotatable bonds is 9. The van der Waals surface area contributed by atoms with Crippen molar-refractivity contribution in [1.29, 1.82) is 0 Å². The molecule has 18 heavy (non-hydrogen) atoms. The molecule has 0 bridgehead atoms. The van der Waals surface area contributed by atoms with E-state index in [1.54, 1.807) is 0 Å². The van der Waals surface area contributed by atoms with Gasteiger partial charge in [0.25, 0.3) is 0 Å². The zero-order chi connectivity index (χ0) is 13.2. The highest BCUT2D eigenvalue weighted by molar-refractivity contribution is 6.55. The van der Waals surface area contributed by atoms with Crippen LogP contribution in [0.3, 0.4) is 0 Å². The minimum absolute atomic E-state index is 0.00833. The predicted molar refractivity (Wildman–Crippen MR) is 81.0 cm³/mol. The van der Waals surface area contributed by atoms with Crippen LogP contribution in [0.15, 0.2) is 30.8 Å². The van der Waals surface area contributed by atoms with Crippen molar-refractivity contribution in [3.05, 3.63) is 36.4 Å². The highest BCUT2D eigenvalue weighted by Crippen LogP contribution is 2.02. The van der Waals surface area contributed by atoms with Crippen LogP contribution in [0.2, 0.25) is 0 Å². The molecule has 0 aliphatic carbocycles. The molecule has 0 radical (unpaired) electrons. The fraction of sp³-hybridized carbons (Fsp3) is 0.467. The Balaban J connectivity index is 2.65. The maximum Gasteiger partial charge on any atom is 0.139 e. The van der Waals surface area contributed by atoms with Crippen LogP contribution in [-0.4, -0.2) is 28.6 Å². The summed E-state index contributed by atoms with van der Waals surface area (Å²) in [6.07, 6.45) is 3.98.